The van der Waals surface area contributed by atoms with Crippen molar-refractivity contribution in [1.82, 2.24) is 9.55 Å². The van der Waals surface area contributed by atoms with E-state index in [1.165, 1.54) is 6.07 Å². The molecule has 3 unspecified atom stereocenters. The van der Waals surface area contributed by atoms with Gasteiger partial charge in [-0.2, -0.15) is 0 Å². The summed E-state index contributed by atoms with van der Waals surface area (Å²) in [6.45, 7) is 4.07. The van der Waals surface area contributed by atoms with Gasteiger partial charge in [0.15, 0.2) is 5.82 Å². The molecular weight excluding hydrogens is 318 g/mol. The van der Waals surface area contributed by atoms with Gasteiger partial charge in [-0.1, -0.05) is 6.92 Å². The first-order valence-corrected chi connectivity index (χ1v) is 8.68. The smallest absolute Gasteiger partial charge is 0.153 e. The van der Waals surface area contributed by atoms with Crippen molar-refractivity contribution in [2.24, 2.45) is 0 Å². The lowest BCUT2D eigenvalue weighted by atomic mass is 10.2. The van der Waals surface area contributed by atoms with Crippen LogP contribution in [-0.2, 0) is 17.3 Å². The fraction of sp³-hybridized carbons (Fsp3) is 0.500. The molecule has 1 heterocycles. The van der Waals surface area contributed by atoms with Crippen molar-refractivity contribution < 1.29 is 13.0 Å². The van der Waals surface area contributed by atoms with Gasteiger partial charge in [-0.25, -0.2) is 13.8 Å². The molecule has 0 saturated heterocycles. The summed E-state index contributed by atoms with van der Waals surface area (Å²) in [7, 11) is -0.947. The topological polar surface area (TPSA) is 34.9 Å². The van der Waals surface area contributed by atoms with Crippen LogP contribution in [0, 0.1) is 11.6 Å². The Hall–Kier alpha value is -1.01. The Morgan fingerprint density at radius 1 is 1.38 bits per heavy atom. The summed E-state index contributed by atoms with van der Waals surface area (Å²) < 4.78 is 40.4. The van der Waals surface area contributed by atoms with Gasteiger partial charge >= 0.3 is 0 Å². The minimum atomic E-state index is -0.947. The Morgan fingerprint density at radius 2 is 2.05 bits per heavy atom. The van der Waals surface area contributed by atoms with E-state index in [-0.39, 0.29) is 10.8 Å². The minimum Gasteiger partial charge on any atom is -0.327 e. The quantitative estimate of drug-likeness (QED) is 0.780. The molecule has 0 bridgehead atoms. The predicted molar refractivity (Wildman–Crippen MR) is 82.1 cm³/mol. The maximum atomic E-state index is 13.8. The van der Waals surface area contributed by atoms with E-state index in [2.05, 4.69) is 4.98 Å². The molecule has 0 aliphatic carbocycles. The molecule has 1 aromatic heterocycles. The maximum Gasteiger partial charge on any atom is 0.153 e. The summed E-state index contributed by atoms with van der Waals surface area (Å²) in [6.07, 6.45) is 2.25. The molecule has 0 amide bonds. The minimum absolute atomic E-state index is 0.0145. The third kappa shape index (κ3) is 3.43. The van der Waals surface area contributed by atoms with E-state index in [9.17, 15) is 13.0 Å². The number of fused-ring (bicyclic) bond motifs is 1. The Bertz CT molecular complexity index is 687. The zero-order chi connectivity index (χ0) is 15.7. The van der Waals surface area contributed by atoms with Crippen LogP contribution in [0.2, 0.25) is 0 Å². The van der Waals surface area contributed by atoms with Crippen molar-refractivity contribution >= 4 is 33.4 Å². The van der Waals surface area contributed by atoms with Gasteiger partial charge in [-0.05, 0) is 19.4 Å². The number of hydrogen-bond donors (Lipinski definition) is 0. The summed E-state index contributed by atoms with van der Waals surface area (Å²) in [6, 6.07) is 2.06. The lowest BCUT2D eigenvalue weighted by Gasteiger charge is -2.13. The van der Waals surface area contributed by atoms with Crippen LogP contribution in [0.1, 0.15) is 31.5 Å². The molecule has 0 radical (unpaired) electrons. The fourth-order valence-electron chi connectivity index (χ4n) is 2.18. The average Bonchev–Trinajstić information content (AvgIpc) is 2.74. The van der Waals surface area contributed by atoms with E-state index in [1.807, 2.05) is 6.92 Å². The molecular formula is C14H17ClF2N2OS. The van der Waals surface area contributed by atoms with Gasteiger partial charge in [0.2, 0.25) is 0 Å². The van der Waals surface area contributed by atoms with Crippen LogP contribution in [0.3, 0.4) is 0 Å². The summed E-state index contributed by atoms with van der Waals surface area (Å²) in [5.41, 5.74) is 0.494. The first-order valence-electron chi connectivity index (χ1n) is 6.62. The van der Waals surface area contributed by atoms with Crippen LogP contribution in [0.25, 0.3) is 11.0 Å². The van der Waals surface area contributed by atoms with Crippen molar-refractivity contribution in [3.63, 3.8) is 0 Å². The monoisotopic (exact) mass is 334 g/mol. The highest BCUT2D eigenvalue weighted by atomic mass is 35.5. The third-order valence-corrected chi connectivity index (χ3v) is 5.05. The van der Waals surface area contributed by atoms with E-state index in [0.717, 1.165) is 6.07 Å². The lowest BCUT2D eigenvalue weighted by molar-refractivity contribution is 0.587. The molecule has 0 N–H and O–H groups in total. The standard InChI is InChI=1S/C14H17ClF2N2OS/c1-8(21(3)20)4-5-19-12-7-10(16)6-11(17)13(12)18-14(19)9(2)15/h6-9H,4-5H2,1-3H3. The molecule has 0 fully saturated rings. The first-order chi connectivity index (χ1) is 9.81. The molecule has 116 valence electrons. The first kappa shape index (κ1) is 16.4. The second-order valence-electron chi connectivity index (χ2n) is 5.09. The van der Waals surface area contributed by atoms with Crippen molar-refractivity contribution in [3.05, 3.63) is 29.6 Å². The number of aryl methyl sites for hydroxylation is 1. The van der Waals surface area contributed by atoms with Crippen molar-refractivity contribution in [3.8, 4) is 0 Å². The summed E-state index contributed by atoms with van der Waals surface area (Å²) in [4.78, 5) is 4.19. The highest BCUT2D eigenvalue weighted by molar-refractivity contribution is 7.84. The number of halogens is 3. The van der Waals surface area contributed by atoms with Crippen LogP contribution >= 0.6 is 11.6 Å². The second-order valence-corrected chi connectivity index (χ2v) is 7.55. The van der Waals surface area contributed by atoms with E-state index in [1.54, 1.807) is 17.7 Å². The van der Waals surface area contributed by atoms with Gasteiger partial charge in [-0.15, -0.1) is 11.6 Å². The van der Waals surface area contributed by atoms with Crippen LogP contribution in [0.5, 0.6) is 0 Å². The van der Waals surface area contributed by atoms with E-state index >= 15 is 0 Å². The van der Waals surface area contributed by atoms with E-state index < -0.39 is 27.8 Å². The molecule has 3 nitrogen and oxygen atoms in total. The molecule has 3 atom stereocenters. The van der Waals surface area contributed by atoms with E-state index in [0.29, 0.717) is 24.3 Å². The molecule has 0 saturated carbocycles. The molecule has 7 heteroatoms. The predicted octanol–water partition coefficient (Wildman–Crippen LogP) is 3.77. The van der Waals surface area contributed by atoms with Crippen LogP contribution < -0.4 is 0 Å². The molecule has 0 spiro atoms. The fourth-order valence-corrected chi connectivity index (χ4v) is 2.79. The van der Waals surface area contributed by atoms with Gasteiger partial charge in [0.25, 0.3) is 0 Å². The van der Waals surface area contributed by atoms with Crippen LogP contribution in [-0.4, -0.2) is 25.3 Å². The van der Waals surface area contributed by atoms with Crippen molar-refractivity contribution in [1.29, 1.82) is 0 Å². The van der Waals surface area contributed by atoms with Gasteiger partial charge in [-0.3, -0.25) is 4.21 Å². The second kappa shape index (κ2) is 6.40. The Kier molecular flexibility index (Phi) is 4.99. The number of benzene rings is 1. The van der Waals surface area contributed by atoms with Crippen LogP contribution in [0.15, 0.2) is 12.1 Å². The van der Waals surface area contributed by atoms with Gasteiger partial charge in [0.05, 0.1) is 10.9 Å². The molecule has 1 aromatic carbocycles. The lowest BCUT2D eigenvalue weighted by Crippen LogP contribution is -2.14. The Morgan fingerprint density at radius 3 is 2.62 bits per heavy atom. The number of alkyl halides is 1. The Balaban J connectivity index is 2.48. The zero-order valence-electron chi connectivity index (χ0n) is 12.1. The SMILES string of the molecule is CC(Cl)c1nc2c(F)cc(F)cc2n1CCC(C)S(C)=O. The molecule has 0 aliphatic heterocycles. The summed E-state index contributed by atoms with van der Waals surface area (Å²) in [5.74, 6) is -0.860. The number of nitrogens with zero attached hydrogens (tertiary/aromatic N) is 2. The highest BCUT2D eigenvalue weighted by Crippen LogP contribution is 2.27. The van der Waals surface area contributed by atoms with Crippen LogP contribution in [0.4, 0.5) is 8.78 Å². The van der Waals surface area contributed by atoms with Gasteiger partial charge < -0.3 is 4.57 Å². The highest BCUT2D eigenvalue weighted by Gasteiger charge is 2.19. The van der Waals surface area contributed by atoms with Crippen molar-refractivity contribution in [2.45, 2.75) is 37.4 Å². The number of hydrogen-bond acceptors (Lipinski definition) is 2. The van der Waals surface area contributed by atoms with Gasteiger partial charge in [0, 0.05) is 34.9 Å². The molecule has 2 rings (SSSR count). The van der Waals surface area contributed by atoms with Crippen molar-refractivity contribution in [2.75, 3.05) is 6.26 Å². The molecule has 2 aromatic rings. The summed E-state index contributed by atoms with van der Waals surface area (Å²) in [5, 5.41) is -0.443. The van der Waals surface area contributed by atoms with E-state index in [4.69, 9.17) is 11.6 Å². The number of aromatic nitrogens is 2. The van der Waals surface area contributed by atoms with Gasteiger partial charge in [0.1, 0.15) is 17.2 Å². The molecule has 0 aliphatic rings. The molecule has 21 heavy (non-hydrogen) atoms. The Labute approximate surface area is 129 Å². The maximum absolute atomic E-state index is 13.8. The number of imidazole rings is 1. The summed E-state index contributed by atoms with van der Waals surface area (Å²) >= 11 is 6.09. The number of rotatable bonds is 5. The largest absolute Gasteiger partial charge is 0.327 e. The average molecular weight is 335 g/mol. The normalized spacial score (nSPS) is 16.1. The zero-order valence-corrected chi connectivity index (χ0v) is 13.6. The third-order valence-electron chi connectivity index (χ3n) is 3.48.